The third-order valence-corrected chi connectivity index (χ3v) is 4.02. The summed E-state index contributed by atoms with van der Waals surface area (Å²) in [6.07, 6.45) is -10.2. The maximum atomic E-state index is 12.9. The van der Waals surface area contributed by atoms with E-state index >= 15 is 0 Å². The van der Waals surface area contributed by atoms with E-state index in [1.165, 1.54) is 14.2 Å². The van der Waals surface area contributed by atoms with Gasteiger partial charge < -0.3 is 34.1 Å². The van der Waals surface area contributed by atoms with Gasteiger partial charge in [0.05, 0.1) is 12.7 Å². The van der Waals surface area contributed by atoms with Crippen LogP contribution in [-0.2, 0) is 28.5 Å². The molecule has 1 fully saturated rings. The highest BCUT2D eigenvalue weighted by molar-refractivity contribution is 5.82. The number of methoxy groups -OCH3 is 2. The molecule has 0 aromatic carbocycles. The summed E-state index contributed by atoms with van der Waals surface area (Å²) in [6, 6.07) is 0. The lowest BCUT2D eigenvalue weighted by Gasteiger charge is -2.47. The number of likely N-dealkylation sites (tertiary alicyclic amines) is 1. The maximum Gasteiger partial charge on any atom is 0.471 e. The largest absolute Gasteiger partial charge is 0.471 e. The molecule has 0 saturated carbocycles. The summed E-state index contributed by atoms with van der Waals surface area (Å²) in [5.74, 6) is -3.05. The van der Waals surface area contributed by atoms with E-state index in [1.54, 1.807) is 26.1 Å². The zero-order chi connectivity index (χ0) is 23.1. The first-order chi connectivity index (χ1) is 13.9. The molecular formula is C17H29F3N2O8. The van der Waals surface area contributed by atoms with Crippen molar-refractivity contribution in [2.75, 3.05) is 41.0 Å². The monoisotopic (exact) mass is 446 g/mol. The van der Waals surface area contributed by atoms with Crippen LogP contribution in [0.1, 0.15) is 20.8 Å². The Hall–Kier alpha value is -1.67. The van der Waals surface area contributed by atoms with Crippen molar-refractivity contribution in [3.8, 4) is 0 Å². The quantitative estimate of drug-likeness (QED) is 0.527. The Morgan fingerprint density at radius 2 is 1.60 bits per heavy atom. The number of amides is 2. The summed E-state index contributed by atoms with van der Waals surface area (Å²) in [5, 5.41) is 11.5. The highest BCUT2D eigenvalue weighted by Crippen LogP contribution is 2.29. The summed E-state index contributed by atoms with van der Waals surface area (Å²) in [6.45, 7) is 3.33. The zero-order valence-corrected chi connectivity index (χ0v) is 17.5. The van der Waals surface area contributed by atoms with Crippen LogP contribution in [0.5, 0.6) is 0 Å². The van der Waals surface area contributed by atoms with Crippen molar-refractivity contribution in [3.63, 3.8) is 0 Å². The molecule has 0 aliphatic carbocycles. The molecule has 176 valence electrons. The van der Waals surface area contributed by atoms with E-state index in [1.807, 2.05) is 0 Å². The van der Waals surface area contributed by atoms with Gasteiger partial charge in [-0.3, -0.25) is 9.69 Å². The third kappa shape index (κ3) is 7.54. The van der Waals surface area contributed by atoms with Gasteiger partial charge in [0.2, 0.25) is 0 Å². The second-order valence-corrected chi connectivity index (χ2v) is 7.57. The predicted molar refractivity (Wildman–Crippen MR) is 95.0 cm³/mol. The second-order valence-electron chi connectivity index (χ2n) is 7.57. The molecule has 0 aromatic heterocycles. The van der Waals surface area contributed by atoms with E-state index < -0.39 is 54.7 Å². The first kappa shape index (κ1) is 26.4. The van der Waals surface area contributed by atoms with Crippen LogP contribution in [0.4, 0.5) is 18.0 Å². The number of hydrogen-bond donors (Lipinski definition) is 2. The van der Waals surface area contributed by atoms with Gasteiger partial charge in [0, 0.05) is 26.7 Å². The van der Waals surface area contributed by atoms with Gasteiger partial charge in [-0.2, -0.15) is 13.2 Å². The minimum atomic E-state index is -5.21. The third-order valence-electron chi connectivity index (χ3n) is 4.02. The fourth-order valence-corrected chi connectivity index (χ4v) is 2.85. The number of alkyl halides is 3. The van der Waals surface area contributed by atoms with E-state index in [2.05, 4.69) is 0 Å². The molecule has 0 aromatic rings. The van der Waals surface area contributed by atoms with Gasteiger partial charge in [0.1, 0.15) is 31.5 Å². The normalized spacial score (nSPS) is 25.2. The Morgan fingerprint density at radius 1 is 1.07 bits per heavy atom. The van der Waals surface area contributed by atoms with Crippen LogP contribution >= 0.6 is 0 Å². The van der Waals surface area contributed by atoms with Gasteiger partial charge >= 0.3 is 18.2 Å². The van der Waals surface area contributed by atoms with Crippen molar-refractivity contribution in [1.82, 2.24) is 10.2 Å². The molecule has 13 heteroatoms. The van der Waals surface area contributed by atoms with Crippen LogP contribution in [0, 0.1) is 5.92 Å². The average molecular weight is 446 g/mol. The van der Waals surface area contributed by atoms with Crippen LogP contribution in [0.2, 0.25) is 0 Å². The number of halogens is 3. The lowest BCUT2D eigenvalue weighted by molar-refractivity contribution is -0.219. The topological polar surface area (TPSA) is 116 Å². The first-order valence-corrected chi connectivity index (χ1v) is 9.05. The standard InChI is InChI=1S/C17H29F3N2O8/c1-16(2,3)30-15(25)22-6-10(7-23)11(28-8-26-4)12(29-9-27-5)13(22)21-14(24)17(18,19)20/h10-13,23H,6-9H2,1-5H3,(H,21,24)/t10-,11-,12+,13-/m1/s1. The SMILES string of the molecule is COCO[C@@H]1[C@@H](CO)CN(C(=O)OC(C)(C)C)[C@@H](NC(=O)C(F)(F)F)[C@H]1OCOC. The fraction of sp³-hybridized carbons (Fsp3) is 0.882. The first-order valence-electron chi connectivity index (χ1n) is 9.05. The predicted octanol–water partition coefficient (Wildman–Crippen LogP) is 0.828. The summed E-state index contributed by atoms with van der Waals surface area (Å²) in [7, 11) is 2.62. The van der Waals surface area contributed by atoms with Crippen LogP contribution in [0.25, 0.3) is 0 Å². The Balaban J connectivity index is 3.34. The highest BCUT2D eigenvalue weighted by Gasteiger charge is 2.51. The average Bonchev–Trinajstić information content (AvgIpc) is 2.62. The number of aliphatic hydroxyl groups is 1. The molecule has 1 saturated heterocycles. The van der Waals surface area contributed by atoms with Gasteiger partial charge in [-0.1, -0.05) is 0 Å². The summed E-state index contributed by atoms with van der Waals surface area (Å²) in [4.78, 5) is 25.2. The number of nitrogens with zero attached hydrogens (tertiary/aromatic N) is 1. The van der Waals surface area contributed by atoms with Gasteiger partial charge in [-0.05, 0) is 20.8 Å². The Bertz CT molecular complexity index is 570. The molecule has 0 unspecified atom stereocenters. The summed E-state index contributed by atoms with van der Waals surface area (Å²) >= 11 is 0. The van der Waals surface area contributed by atoms with E-state index in [9.17, 15) is 27.9 Å². The highest BCUT2D eigenvalue weighted by atomic mass is 19.4. The molecular weight excluding hydrogens is 417 g/mol. The van der Waals surface area contributed by atoms with Gasteiger partial charge in [0.15, 0.2) is 0 Å². The van der Waals surface area contributed by atoms with Crippen molar-refractivity contribution in [2.45, 2.75) is 50.9 Å². The maximum absolute atomic E-state index is 12.9. The smallest absolute Gasteiger partial charge is 0.444 e. The second kappa shape index (κ2) is 11.1. The molecule has 1 aliphatic rings. The molecule has 2 N–H and O–H groups in total. The van der Waals surface area contributed by atoms with Crippen molar-refractivity contribution in [2.24, 2.45) is 5.92 Å². The Labute approximate surface area is 172 Å². The fourth-order valence-electron chi connectivity index (χ4n) is 2.85. The van der Waals surface area contributed by atoms with Crippen molar-refractivity contribution >= 4 is 12.0 Å². The molecule has 1 aliphatic heterocycles. The molecule has 2 amide bonds. The number of carbonyl (C=O) groups excluding carboxylic acids is 2. The number of piperidine rings is 1. The molecule has 4 atom stereocenters. The van der Waals surface area contributed by atoms with Crippen molar-refractivity contribution < 1.29 is 51.6 Å². The zero-order valence-electron chi connectivity index (χ0n) is 17.5. The molecule has 30 heavy (non-hydrogen) atoms. The molecule has 0 spiro atoms. The van der Waals surface area contributed by atoms with Gasteiger partial charge in [-0.15, -0.1) is 0 Å². The molecule has 0 bridgehead atoms. The Kier molecular flexibility index (Phi) is 9.75. The van der Waals surface area contributed by atoms with Crippen molar-refractivity contribution in [3.05, 3.63) is 0 Å². The summed E-state index contributed by atoms with van der Waals surface area (Å²) < 4.78 is 64.6. The van der Waals surface area contributed by atoms with E-state index in [0.29, 0.717) is 0 Å². The number of nitrogens with one attached hydrogen (secondary N) is 1. The van der Waals surface area contributed by atoms with Crippen LogP contribution in [0.15, 0.2) is 0 Å². The minimum Gasteiger partial charge on any atom is -0.444 e. The summed E-state index contributed by atoms with van der Waals surface area (Å²) in [5.41, 5.74) is -0.962. The molecule has 1 rings (SSSR count). The van der Waals surface area contributed by atoms with Gasteiger partial charge in [0.25, 0.3) is 0 Å². The number of rotatable bonds is 8. The van der Waals surface area contributed by atoms with E-state index in [4.69, 9.17) is 23.7 Å². The number of carbonyl (C=O) groups is 2. The van der Waals surface area contributed by atoms with Crippen molar-refractivity contribution in [1.29, 1.82) is 0 Å². The molecule has 1 heterocycles. The number of hydrogen-bond acceptors (Lipinski definition) is 8. The number of aliphatic hydroxyl groups excluding tert-OH is 1. The van der Waals surface area contributed by atoms with E-state index in [0.717, 1.165) is 4.90 Å². The molecule has 0 radical (unpaired) electrons. The van der Waals surface area contributed by atoms with Crippen LogP contribution < -0.4 is 5.32 Å². The molecule has 10 nitrogen and oxygen atoms in total. The van der Waals surface area contributed by atoms with Crippen LogP contribution in [0.3, 0.4) is 0 Å². The lowest BCUT2D eigenvalue weighted by Crippen LogP contribution is -2.69. The minimum absolute atomic E-state index is 0.264. The number of ether oxygens (including phenoxy) is 5. The Morgan fingerprint density at radius 3 is 2.03 bits per heavy atom. The van der Waals surface area contributed by atoms with Gasteiger partial charge in [-0.25, -0.2) is 4.79 Å². The van der Waals surface area contributed by atoms with Crippen LogP contribution in [-0.4, -0.2) is 93.1 Å². The van der Waals surface area contributed by atoms with E-state index in [-0.39, 0.29) is 20.1 Å². The lowest BCUT2D eigenvalue weighted by atomic mass is 9.90.